The van der Waals surface area contributed by atoms with Crippen molar-refractivity contribution in [1.82, 2.24) is 4.72 Å². The molecule has 0 aliphatic heterocycles. The van der Waals surface area contributed by atoms with Crippen LogP contribution in [-0.2, 0) is 10.0 Å². The number of hydrogen-bond acceptors (Lipinski definition) is 3. The van der Waals surface area contributed by atoms with Crippen LogP contribution in [0.5, 0.6) is 0 Å². The van der Waals surface area contributed by atoms with Gasteiger partial charge in [0.05, 0.1) is 4.90 Å². The second kappa shape index (κ2) is 6.82. The first-order valence-electron chi connectivity index (χ1n) is 5.91. The summed E-state index contributed by atoms with van der Waals surface area (Å²) < 4.78 is 38.8. The van der Waals surface area contributed by atoms with E-state index in [4.69, 9.17) is 5.73 Å². The molecule has 1 aromatic rings. The van der Waals surface area contributed by atoms with E-state index >= 15 is 0 Å². The minimum atomic E-state index is -3.53. The molecule has 0 saturated heterocycles. The van der Waals surface area contributed by atoms with Gasteiger partial charge in [-0.2, -0.15) is 0 Å². The van der Waals surface area contributed by atoms with Crippen molar-refractivity contribution in [3.63, 3.8) is 0 Å². The summed E-state index contributed by atoms with van der Waals surface area (Å²) in [5, 5.41) is 0. The largest absolute Gasteiger partial charge is 0.330 e. The molecule has 1 aromatic carbocycles. The Morgan fingerprint density at radius 2 is 1.94 bits per heavy atom. The summed E-state index contributed by atoms with van der Waals surface area (Å²) in [7, 11) is -3.53. The van der Waals surface area contributed by atoms with Crippen molar-refractivity contribution in [2.45, 2.75) is 24.7 Å². The number of nitrogens with one attached hydrogen (secondary N) is 1. The standard InChI is InChI=1S/C12H19FN2O2S/c1-10(9-14)3-2-8-15-18(16,17)12-6-4-11(13)5-7-12/h4-7,10,15H,2-3,8-9,14H2,1H3. The van der Waals surface area contributed by atoms with E-state index in [1.165, 1.54) is 12.1 Å². The topological polar surface area (TPSA) is 72.2 Å². The van der Waals surface area contributed by atoms with Gasteiger partial charge < -0.3 is 5.73 Å². The molecule has 4 nitrogen and oxygen atoms in total. The van der Waals surface area contributed by atoms with Crippen LogP contribution in [0.3, 0.4) is 0 Å². The molecule has 1 atom stereocenters. The first kappa shape index (κ1) is 15.1. The van der Waals surface area contributed by atoms with Crippen LogP contribution in [0.2, 0.25) is 0 Å². The number of sulfonamides is 1. The lowest BCUT2D eigenvalue weighted by Crippen LogP contribution is -2.25. The van der Waals surface area contributed by atoms with E-state index in [1.54, 1.807) is 0 Å². The third-order valence-corrected chi connectivity index (χ3v) is 4.17. The normalized spacial score (nSPS) is 13.5. The van der Waals surface area contributed by atoms with Crippen molar-refractivity contribution >= 4 is 10.0 Å². The highest BCUT2D eigenvalue weighted by Gasteiger charge is 2.13. The summed E-state index contributed by atoms with van der Waals surface area (Å²) >= 11 is 0. The zero-order valence-corrected chi connectivity index (χ0v) is 11.2. The smallest absolute Gasteiger partial charge is 0.240 e. The Morgan fingerprint density at radius 1 is 1.33 bits per heavy atom. The van der Waals surface area contributed by atoms with Gasteiger partial charge in [0.2, 0.25) is 10.0 Å². The quantitative estimate of drug-likeness (QED) is 0.740. The first-order chi connectivity index (χ1) is 8.45. The third kappa shape index (κ3) is 4.72. The SMILES string of the molecule is CC(CN)CCCNS(=O)(=O)c1ccc(F)cc1. The van der Waals surface area contributed by atoms with Crippen molar-refractivity contribution in [1.29, 1.82) is 0 Å². The van der Waals surface area contributed by atoms with Crippen LogP contribution in [0.4, 0.5) is 4.39 Å². The fourth-order valence-corrected chi connectivity index (χ4v) is 2.55. The van der Waals surface area contributed by atoms with Crippen LogP contribution in [0.1, 0.15) is 19.8 Å². The Labute approximate surface area is 107 Å². The lowest BCUT2D eigenvalue weighted by atomic mass is 10.1. The molecular formula is C12H19FN2O2S. The minimum absolute atomic E-state index is 0.0794. The van der Waals surface area contributed by atoms with Crippen molar-refractivity contribution in [3.05, 3.63) is 30.1 Å². The van der Waals surface area contributed by atoms with Crippen molar-refractivity contribution in [2.75, 3.05) is 13.1 Å². The molecule has 6 heteroatoms. The number of nitrogens with two attached hydrogens (primary N) is 1. The van der Waals surface area contributed by atoms with Gasteiger partial charge in [0.1, 0.15) is 5.82 Å². The Hall–Kier alpha value is -0.980. The third-order valence-electron chi connectivity index (χ3n) is 2.69. The molecule has 0 amide bonds. The van der Waals surface area contributed by atoms with Gasteiger partial charge in [-0.15, -0.1) is 0 Å². The van der Waals surface area contributed by atoms with Crippen LogP contribution in [0.25, 0.3) is 0 Å². The maximum atomic E-state index is 12.7. The Morgan fingerprint density at radius 3 is 2.50 bits per heavy atom. The van der Waals surface area contributed by atoms with Crippen LogP contribution >= 0.6 is 0 Å². The molecule has 0 heterocycles. The lowest BCUT2D eigenvalue weighted by molar-refractivity contribution is 0.513. The molecule has 0 aromatic heterocycles. The van der Waals surface area contributed by atoms with Crippen LogP contribution < -0.4 is 10.5 Å². The van der Waals surface area contributed by atoms with Crippen molar-refractivity contribution in [2.24, 2.45) is 11.7 Å². The predicted octanol–water partition coefficient (Wildman–Crippen LogP) is 1.48. The zero-order chi connectivity index (χ0) is 13.6. The number of rotatable bonds is 7. The van der Waals surface area contributed by atoms with Crippen LogP contribution in [0.15, 0.2) is 29.2 Å². The molecule has 102 valence electrons. The monoisotopic (exact) mass is 274 g/mol. The van der Waals surface area contributed by atoms with E-state index < -0.39 is 15.8 Å². The van der Waals surface area contributed by atoms with Gasteiger partial charge in [0, 0.05) is 6.54 Å². The second-order valence-corrected chi connectivity index (χ2v) is 6.10. The van der Waals surface area contributed by atoms with Crippen molar-refractivity contribution in [3.8, 4) is 0 Å². The average Bonchev–Trinajstić information content (AvgIpc) is 2.35. The van der Waals surface area contributed by atoms with Crippen molar-refractivity contribution < 1.29 is 12.8 Å². The molecule has 0 aliphatic rings. The van der Waals surface area contributed by atoms with E-state index in [-0.39, 0.29) is 4.90 Å². The van der Waals surface area contributed by atoms with E-state index in [9.17, 15) is 12.8 Å². The van der Waals surface area contributed by atoms with Crippen LogP contribution in [0, 0.1) is 11.7 Å². The molecule has 0 fully saturated rings. The summed E-state index contributed by atoms with van der Waals surface area (Å²) in [6.45, 7) is 2.99. The van der Waals surface area contributed by atoms with E-state index in [0.717, 1.165) is 25.0 Å². The zero-order valence-electron chi connectivity index (χ0n) is 10.4. The molecular weight excluding hydrogens is 255 g/mol. The lowest BCUT2D eigenvalue weighted by Gasteiger charge is -2.09. The Balaban J connectivity index is 2.48. The maximum absolute atomic E-state index is 12.7. The van der Waals surface area contributed by atoms with E-state index in [0.29, 0.717) is 19.0 Å². The van der Waals surface area contributed by atoms with Gasteiger partial charge in [-0.05, 0) is 49.6 Å². The average molecular weight is 274 g/mol. The van der Waals surface area contributed by atoms with E-state index in [1.807, 2.05) is 6.92 Å². The number of hydrogen-bond donors (Lipinski definition) is 2. The summed E-state index contributed by atoms with van der Waals surface area (Å²) in [5.74, 6) is -0.0638. The molecule has 1 unspecified atom stereocenters. The predicted molar refractivity (Wildman–Crippen MR) is 69.0 cm³/mol. The van der Waals surface area contributed by atoms with Gasteiger partial charge in [0.25, 0.3) is 0 Å². The Kier molecular flexibility index (Phi) is 5.71. The molecule has 3 N–H and O–H groups in total. The molecule has 0 radical (unpaired) electrons. The number of benzene rings is 1. The van der Waals surface area contributed by atoms with Gasteiger partial charge in [-0.25, -0.2) is 17.5 Å². The maximum Gasteiger partial charge on any atom is 0.240 e. The summed E-state index contributed by atoms with van der Waals surface area (Å²) in [6.07, 6.45) is 1.61. The second-order valence-electron chi connectivity index (χ2n) is 4.33. The Bertz CT molecular complexity index is 459. The molecule has 0 aliphatic carbocycles. The highest BCUT2D eigenvalue weighted by atomic mass is 32.2. The summed E-state index contributed by atoms with van der Waals surface area (Å²) in [4.78, 5) is 0.0794. The minimum Gasteiger partial charge on any atom is -0.330 e. The fraction of sp³-hybridized carbons (Fsp3) is 0.500. The van der Waals surface area contributed by atoms with Gasteiger partial charge in [-0.1, -0.05) is 6.92 Å². The fourth-order valence-electron chi connectivity index (χ4n) is 1.47. The highest BCUT2D eigenvalue weighted by molar-refractivity contribution is 7.89. The summed E-state index contributed by atoms with van der Waals surface area (Å²) in [5.41, 5.74) is 5.47. The molecule has 0 spiro atoms. The van der Waals surface area contributed by atoms with Crippen LogP contribution in [-0.4, -0.2) is 21.5 Å². The van der Waals surface area contributed by atoms with Gasteiger partial charge in [0.15, 0.2) is 0 Å². The summed E-state index contributed by atoms with van der Waals surface area (Å²) in [6, 6.07) is 4.76. The van der Waals surface area contributed by atoms with Gasteiger partial charge >= 0.3 is 0 Å². The molecule has 1 rings (SSSR count). The molecule has 0 bridgehead atoms. The highest BCUT2D eigenvalue weighted by Crippen LogP contribution is 2.10. The number of halogens is 1. The van der Waals surface area contributed by atoms with Gasteiger partial charge in [-0.3, -0.25) is 0 Å². The molecule has 0 saturated carbocycles. The van der Waals surface area contributed by atoms with E-state index in [2.05, 4.69) is 4.72 Å². The molecule has 18 heavy (non-hydrogen) atoms. The first-order valence-corrected chi connectivity index (χ1v) is 7.39.